The van der Waals surface area contributed by atoms with Gasteiger partial charge in [-0.25, -0.2) is 4.98 Å². The van der Waals surface area contributed by atoms with Crippen LogP contribution >= 0.6 is 22.9 Å². The number of likely N-dealkylation sites (tertiary alicyclic amines) is 1. The minimum Gasteiger partial charge on any atom is -0.481 e. The van der Waals surface area contributed by atoms with Crippen LogP contribution in [0.25, 0.3) is 0 Å². The topological polar surface area (TPSA) is 170 Å². The van der Waals surface area contributed by atoms with Gasteiger partial charge in [0.25, 0.3) is 5.91 Å². The molecule has 0 aliphatic carbocycles. The zero-order valence-electron chi connectivity index (χ0n) is 39.1. The van der Waals surface area contributed by atoms with E-state index in [9.17, 15) is 29.1 Å². The Hall–Kier alpha value is -3.75. The van der Waals surface area contributed by atoms with Gasteiger partial charge in [-0.05, 0) is 103 Å². The normalized spacial score (nSPS) is 17.2. The van der Waals surface area contributed by atoms with Gasteiger partial charge in [0.05, 0.1) is 22.2 Å². The second-order valence-corrected chi connectivity index (χ2v) is 19.9. The number of halogens is 1. The average Bonchev–Trinajstić information content (AvgIpc) is 3.70. The fourth-order valence-electron chi connectivity index (χ4n) is 8.12. The van der Waals surface area contributed by atoms with Crippen LogP contribution in [-0.2, 0) is 30.3 Å². The third-order valence-corrected chi connectivity index (χ3v) is 13.2. The molecular weight excluding hydrogens is 828 g/mol. The smallest absolute Gasteiger partial charge is 0.309 e. The zero-order valence-corrected chi connectivity index (χ0v) is 40.7. The first-order valence-corrected chi connectivity index (χ1v) is 24.0. The number of rotatable bonds is 25. The highest BCUT2D eigenvalue weighted by Gasteiger charge is 2.39. The molecule has 0 spiro atoms. The number of benzene rings is 1. The van der Waals surface area contributed by atoms with Gasteiger partial charge in [0.1, 0.15) is 16.7 Å². The summed E-state index contributed by atoms with van der Waals surface area (Å²) in [6, 6.07) is 3.78. The van der Waals surface area contributed by atoms with E-state index in [1.54, 1.807) is 19.2 Å². The number of likely N-dealkylation sites (N-methyl/N-ethyl adjacent to an activating group) is 1. The fourth-order valence-corrected chi connectivity index (χ4v) is 9.22. The molecule has 3 amide bonds. The molecule has 62 heavy (non-hydrogen) atoms. The number of aliphatic carboxylic acids is 1. The first-order chi connectivity index (χ1) is 29.2. The van der Waals surface area contributed by atoms with Gasteiger partial charge >= 0.3 is 11.9 Å². The summed E-state index contributed by atoms with van der Waals surface area (Å²) in [5.41, 5.74) is 0.566. The second kappa shape index (κ2) is 24.9. The van der Waals surface area contributed by atoms with Crippen molar-refractivity contribution in [3.63, 3.8) is 0 Å². The van der Waals surface area contributed by atoms with E-state index in [0.717, 1.165) is 62.7 Å². The van der Waals surface area contributed by atoms with Crippen LogP contribution in [-0.4, -0.2) is 99.9 Å². The molecule has 15 heteroatoms. The monoisotopic (exact) mass is 903 g/mol. The zero-order chi connectivity index (χ0) is 46.3. The molecule has 1 aliphatic heterocycles. The van der Waals surface area contributed by atoms with Crippen molar-refractivity contribution in [2.45, 2.75) is 176 Å². The molecule has 2 heterocycles. The number of carboxylic acids is 1. The molecular formula is C47H75ClN6O7S. The highest BCUT2D eigenvalue weighted by Crippen LogP contribution is 2.33. The number of piperidine rings is 1. The number of carbonyl (C=O) groups is 5. The maximum Gasteiger partial charge on any atom is 0.309 e. The molecule has 1 saturated heterocycles. The van der Waals surface area contributed by atoms with Crippen LogP contribution in [0.3, 0.4) is 0 Å². The van der Waals surface area contributed by atoms with E-state index in [2.05, 4.69) is 27.8 Å². The van der Waals surface area contributed by atoms with Crippen LogP contribution in [0.15, 0.2) is 23.6 Å². The van der Waals surface area contributed by atoms with Crippen molar-refractivity contribution in [3.8, 4) is 0 Å². The number of nitrogens with one attached hydrogen (secondary N) is 3. The van der Waals surface area contributed by atoms with E-state index < -0.39 is 47.5 Å². The van der Waals surface area contributed by atoms with Crippen LogP contribution in [0, 0.1) is 17.3 Å². The van der Waals surface area contributed by atoms with E-state index in [4.69, 9.17) is 21.3 Å². The van der Waals surface area contributed by atoms with Crippen LogP contribution < -0.4 is 16.0 Å². The summed E-state index contributed by atoms with van der Waals surface area (Å²) in [4.78, 5) is 76.2. The van der Waals surface area contributed by atoms with Crippen LogP contribution in [0.2, 0.25) is 5.02 Å². The number of anilines is 1. The van der Waals surface area contributed by atoms with Crippen molar-refractivity contribution >= 4 is 58.3 Å². The Labute approximate surface area is 379 Å². The average molecular weight is 904 g/mol. The Morgan fingerprint density at radius 3 is 2.34 bits per heavy atom. The molecule has 0 radical (unpaired) electrons. The number of carboxylic acid groups (broad SMARTS) is 1. The lowest BCUT2D eigenvalue weighted by Crippen LogP contribution is -2.59. The number of ether oxygens (including phenoxy) is 1. The van der Waals surface area contributed by atoms with Crippen molar-refractivity contribution in [1.82, 2.24) is 25.4 Å². The highest BCUT2D eigenvalue weighted by molar-refractivity contribution is 7.09. The lowest BCUT2D eigenvalue weighted by Gasteiger charge is -2.40. The van der Waals surface area contributed by atoms with E-state index in [1.165, 1.54) is 18.3 Å². The van der Waals surface area contributed by atoms with Crippen LogP contribution in [0.5, 0.6) is 0 Å². The van der Waals surface area contributed by atoms with Crippen molar-refractivity contribution in [2.24, 2.45) is 17.3 Å². The summed E-state index contributed by atoms with van der Waals surface area (Å²) >= 11 is 7.79. The largest absolute Gasteiger partial charge is 0.481 e. The van der Waals surface area contributed by atoms with Crippen LogP contribution in [0.4, 0.5) is 5.69 Å². The Morgan fingerprint density at radius 2 is 1.76 bits per heavy atom. The van der Waals surface area contributed by atoms with Crippen molar-refractivity contribution in [1.29, 1.82) is 0 Å². The number of nitrogens with zero attached hydrogens (tertiary/aromatic N) is 3. The summed E-state index contributed by atoms with van der Waals surface area (Å²) in [5, 5.41) is 22.1. The minimum atomic E-state index is -1.15. The second-order valence-electron chi connectivity index (χ2n) is 18.6. The minimum absolute atomic E-state index is 0.0641. The van der Waals surface area contributed by atoms with Crippen molar-refractivity contribution in [3.05, 3.63) is 44.9 Å². The lowest BCUT2D eigenvalue weighted by atomic mass is 9.84. The van der Waals surface area contributed by atoms with Gasteiger partial charge in [-0.15, -0.1) is 11.3 Å². The summed E-state index contributed by atoms with van der Waals surface area (Å²) in [5.74, 6) is -2.47. The number of aromatic nitrogens is 1. The molecule has 6 atom stereocenters. The standard InChI is InChI=1S/C47H75ClN6O7S/c1-12-14-15-17-23-54(45(58)41(31(7)13-2)52-43(57)38-19-16-18-22-53(38)11)39(29(3)4)26-40(61-32(8)55)44-51-37(28-62-44)42(56)50-34(27-47(9,10)46(59)60)24-33-20-21-36(35(48)25-33)49-30(5)6/h20-21,25,28-31,34,38-41,49H,12-19,22-24,26-27H2,1-11H3,(H,50,56)(H,52,57)(H,59,60)/t31-,34-,38+,39+,40+,41-/m0/s1. The predicted molar refractivity (Wildman–Crippen MR) is 249 cm³/mol. The van der Waals surface area contributed by atoms with Gasteiger partial charge in [0.15, 0.2) is 6.10 Å². The third-order valence-electron chi connectivity index (χ3n) is 12.0. The van der Waals surface area contributed by atoms with Gasteiger partial charge in [0, 0.05) is 43.4 Å². The van der Waals surface area contributed by atoms with E-state index >= 15 is 0 Å². The number of hydrogen-bond donors (Lipinski definition) is 4. The lowest BCUT2D eigenvalue weighted by molar-refractivity contribution is -0.150. The molecule has 0 unspecified atom stereocenters. The van der Waals surface area contributed by atoms with Gasteiger partial charge in [-0.2, -0.15) is 0 Å². The first-order valence-electron chi connectivity index (χ1n) is 22.7. The SMILES string of the molecule is CCCCCCN(C(=O)[C@@H](NC(=O)[C@H]1CCCCN1C)[C@@H](C)CC)[C@H](C[C@@H](OC(C)=O)c1nc(C(=O)N[C@@H](Cc2ccc(NC(C)C)c(Cl)c2)CC(C)(C)C(=O)O)cs1)C(C)C. The maximum atomic E-state index is 14.9. The first kappa shape index (κ1) is 52.6. The molecule has 0 bridgehead atoms. The number of unbranched alkanes of at least 4 members (excludes halogenated alkanes) is 3. The summed E-state index contributed by atoms with van der Waals surface area (Å²) in [6.45, 7) is 20.2. The molecule has 2 aromatic rings. The molecule has 1 aliphatic rings. The van der Waals surface area contributed by atoms with E-state index in [-0.39, 0.29) is 54.3 Å². The number of amides is 3. The summed E-state index contributed by atoms with van der Waals surface area (Å²) in [7, 11) is 1.96. The van der Waals surface area contributed by atoms with Crippen molar-refractivity contribution in [2.75, 3.05) is 25.5 Å². The Morgan fingerprint density at radius 1 is 1.05 bits per heavy atom. The maximum absolute atomic E-state index is 14.9. The molecule has 348 valence electrons. The number of thiazole rings is 1. The van der Waals surface area contributed by atoms with Crippen LogP contribution in [0.1, 0.15) is 161 Å². The van der Waals surface area contributed by atoms with Gasteiger partial charge in [-0.3, -0.25) is 28.9 Å². The Bertz CT molecular complexity index is 1790. The quantitative estimate of drug-likeness (QED) is 0.0558. The van der Waals surface area contributed by atoms with E-state index in [0.29, 0.717) is 29.4 Å². The molecule has 4 N–H and O–H groups in total. The predicted octanol–water partition coefficient (Wildman–Crippen LogP) is 8.90. The van der Waals surface area contributed by atoms with Gasteiger partial charge < -0.3 is 30.7 Å². The third kappa shape index (κ3) is 15.8. The molecule has 1 aromatic heterocycles. The Balaban J connectivity index is 1.95. The van der Waals surface area contributed by atoms with Crippen molar-refractivity contribution < 1.29 is 33.8 Å². The summed E-state index contributed by atoms with van der Waals surface area (Å²) < 4.78 is 5.95. The molecule has 13 nitrogen and oxygen atoms in total. The van der Waals surface area contributed by atoms with Gasteiger partial charge in [0.2, 0.25) is 11.8 Å². The summed E-state index contributed by atoms with van der Waals surface area (Å²) in [6.07, 6.45) is 7.04. The molecule has 0 saturated carbocycles. The number of esters is 1. The molecule has 1 fully saturated rings. The highest BCUT2D eigenvalue weighted by atomic mass is 35.5. The molecule has 1 aromatic carbocycles. The molecule has 3 rings (SSSR count). The number of carbonyl (C=O) groups excluding carboxylic acids is 4. The van der Waals surface area contributed by atoms with E-state index in [1.807, 2.05) is 71.7 Å². The number of hydrogen-bond acceptors (Lipinski definition) is 10. The van der Waals surface area contributed by atoms with Gasteiger partial charge in [-0.1, -0.05) is 84.4 Å². The fraction of sp³-hybridized carbons (Fsp3) is 0.702. The Kier molecular flexibility index (Phi) is 21.1.